The second-order valence-corrected chi connectivity index (χ2v) is 4.04. The summed E-state index contributed by atoms with van der Waals surface area (Å²) in [5, 5.41) is 18.4. The Morgan fingerprint density at radius 2 is 2.00 bits per heavy atom. The first-order valence-electron chi connectivity index (χ1n) is 5.13. The molecule has 84 valence electrons. The molecule has 2 N–H and O–H groups in total. The molecule has 0 heterocycles. The Kier molecular flexibility index (Phi) is 4.12. The van der Waals surface area contributed by atoms with Crippen LogP contribution < -0.4 is 0 Å². The number of hydrogen-bond acceptors (Lipinski definition) is 3. The molecule has 3 nitrogen and oxygen atoms in total. The number of rotatable bonds is 4. The third-order valence-electron chi connectivity index (χ3n) is 2.63. The molecular formula is C12H19NO2. The summed E-state index contributed by atoms with van der Waals surface area (Å²) in [5.74, 6) is 0.320. The van der Waals surface area contributed by atoms with E-state index < -0.39 is 0 Å². The summed E-state index contributed by atoms with van der Waals surface area (Å²) in [4.78, 5) is 2.07. The highest BCUT2D eigenvalue weighted by Crippen LogP contribution is 2.26. The fourth-order valence-electron chi connectivity index (χ4n) is 1.73. The summed E-state index contributed by atoms with van der Waals surface area (Å²) in [6.45, 7) is 2.05. The molecule has 1 atom stereocenters. The predicted molar refractivity (Wildman–Crippen MR) is 61.0 cm³/mol. The van der Waals surface area contributed by atoms with E-state index in [1.807, 2.05) is 33.2 Å². The lowest BCUT2D eigenvalue weighted by Gasteiger charge is -2.24. The van der Waals surface area contributed by atoms with Crippen LogP contribution in [0, 0.1) is 6.92 Å². The molecule has 0 radical (unpaired) electrons. The Morgan fingerprint density at radius 1 is 1.33 bits per heavy atom. The Balaban J connectivity index is 2.95. The molecule has 1 aromatic rings. The van der Waals surface area contributed by atoms with Gasteiger partial charge in [0, 0.05) is 12.6 Å². The predicted octanol–water partition coefficient (Wildman–Crippen LogP) is 1.69. The van der Waals surface area contributed by atoms with E-state index in [1.54, 1.807) is 6.07 Å². The molecule has 0 fully saturated rings. The van der Waals surface area contributed by atoms with Crippen LogP contribution in [-0.4, -0.2) is 35.8 Å². The summed E-state index contributed by atoms with van der Waals surface area (Å²) in [5.41, 5.74) is 2.00. The third kappa shape index (κ3) is 2.94. The third-order valence-corrected chi connectivity index (χ3v) is 2.63. The summed E-state index contributed by atoms with van der Waals surface area (Å²) in [7, 11) is 3.98. The molecule has 15 heavy (non-hydrogen) atoms. The number of hydrogen-bond donors (Lipinski definition) is 2. The van der Waals surface area contributed by atoms with E-state index in [0.717, 1.165) is 11.1 Å². The Hall–Kier alpha value is -1.06. The van der Waals surface area contributed by atoms with E-state index in [1.165, 1.54) is 0 Å². The molecule has 0 saturated heterocycles. The van der Waals surface area contributed by atoms with Gasteiger partial charge < -0.3 is 15.1 Å². The SMILES string of the molecule is Cc1cc(C(CCO)N(C)C)ccc1O. The van der Waals surface area contributed by atoms with Crippen LogP contribution in [0.5, 0.6) is 5.75 Å². The number of aliphatic hydroxyl groups is 1. The van der Waals surface area contributed by atoms with Crippen LogP contribution in [0.1, 0.15) is 23.6 Å². The highest BCUT2D eigenvalue weighted by Gasteiger charge is 2.13. The smallest absolute Gasteiger partial charge is 0.118 e. The van der Waals surface area contributed by atoms with Crippen LogP contribution in [0.15, 0.2) is 18.2 Å². The molecule has 0 spiro atoms. The molecule has 0 aliphatic rings. The Labute approximate surface area is 91.0 Å². The maximum atomic E-state index is 9.43. The molecule has 0 aromatic heterocycles. The van der Waals surface area contributed by atoms with Gasteiger partial charge in [-0.05, 0) is 44.6 Å². The van der Waals surface area contributed by atoms with Gasteiger partial charge in [0.25, 0.3) is 0 Å². The number of benzene rings is 1. The van der Waals surface area contributed by atoms with Gasteiger partial charge >= 0.3 is 0 Å². The van der Waals surface area contributed by atoms with Crippen molar-refractivity contribution in [2.75, 3.05) is 20.7 Å². The number of aliphatic hydroxyl groups excluding tert-OH is 1. The van der Waals surface area contributed by atoms with E-state index in [9.17, 15) is 5.11 Å². The summed E-state index contributed by atoms with van der Waals surface area (Å²) in [6.07, 6.45) is 0.706. The van der Waals surface area contributed by atoms with Crippen LogP contribution in [0.2, 0.25) is 0 Å². The standard InChI is InChI=1S/C12H19NO2/c1-9-8-10(4-5-12(9)15)11(6-7-14)13(2)3/h4-5,8,11,14-15H,6-7H2,1-3H3. The summed E-state index contributed by atoms with van der Waals surface area (Å²) in [6, 6.07) is 5.78. The molecular weight excluding hydrogens is 190 g/mol. The molecule has 1 unspecified atom stereocenters. The molecule has 0 aliphatic carbocycles. The van der Waals surface area contributed by atoms with Crippen LogP contribution in [0.3, 0.4) is 0 Å². The van der Waals surface area contributed by atoms with Crippen molar-refractivity contribution >= 4 is 0 Å². The highest BCUT2D eigenvalue weighted by molar-refractivity contribution is 5.36. The molecule has 3 heteroatoms. The number of aromatic hydroxyl groups is 1. The van der Waals surface area contributed by atoms with E-state index in [0.29, 0.717) is 12.2 Å². The molecule has 1 rings (SSSR count). The topological polar surface area (TPSA) is 43.7 Å². The summed E-state index contributed by atoms with van der Waals surface area (Å²) >= 11 is 0. The number of phenols is 1. The van der Waals surface area contributed by atoms with Gasteiger partial charge in [0.05, 0.1) is 0 Å². The lowest BCUT2D eigenvalue weighted by molar-refractivity contribution is 0.210. The number of phenolic OH excluding ortho intramolecular Hbond substituents is 1. The van der Waals surface area contributed by atoms with Crippen molar-refractivity contribution in [2.24, 2.45) is 0 Å². The van der Waals surface area contributed by atoms with Gasteiger partial charge in [-0.3, -0.25) is 0 Å². The van der Waals surface area contributed by atoms with E-state index in [-0.39, 0.29) is 12.6 Å². The Morgan fingerprint density at radius 3 is 2.47 bits per heavy atom. The van der Waals surface area contributed by atoms with Crippen LogP contribution >= 0.6 is 0 Å². The van der Waals surface area contributed by atoms with Gasteiger partial charge in [-0.25, -0.2) is 0 Å². The van der Waals surface area contributed by atoms with Crippen LogP contribution in [0.25, 0.3) is 0 Å². The van der Waals surface area contributed by atoms with Crippen molar-refractivity contribution in [3.05, 3.63) is 29.3 Å². The monoisotopic (exact) mass is 209 g/mol. The normalized spacial score (nSPS) is 13.1. The van der Waals surface area contributed by atoms with Crippen molar-refractivity contribution < 1.29 is 10.2 Å². The first kappa shape index (κ1) is 12.0. The second-order valence-electron chi connectivity index (χ2n) is 4.04. The van der Waals surface area contributed by atoms with Gasteiger partial charge in [-0.1, -0.05) is 12.1 Å². The van der Waals surface area contributed by atoms with E-state index >= 15 is 0 Å². The average Bonchev–Trinajstić information content (AvgIpc) is 2.18. The Bertz CT molecular complexity index is 323. The maximum absolute atomic E-state index is 9.43. The van der Waals surface area contributed by atoms with Crippen molar-refractivity contribution in [2.45, 2.75) is 19.4 Å². The van der Waals surface area contributed by atoms with Crippen molar-refractivity contribution in [1.82, 2.24) is 4.90 Å². The lowest BCUT2D eigenvalue weighted by Crippen LogP contribution is -2.21. The van der Waals surface area contributed by atoms with Gasteiger partial charge in [0.2, 0.25) is 0 Å². The molecule has 0 saturated carbocycles. The van der Waals surface area contributed by atoms with Gasteiger partial charge in [0.1, 0.15) is 5.75 Å². The van der Waals surface area contributed by atoms with E-state index in [4.69, 9.17) is 5.11 Å². The largest absolute Gasteiger partial charge is 0.508 e. The van der Waals surface area contributed by atoms with Gasteiger partial charge in [0.15, 0.2) is 0 Å². The van der Waals surface area contributed by atoms with Crippen LogP contribution in [-0.2, 0) is 0 Å². The van der Waals surface area contributed by atoms with Crippen molar-refractivity contribution in [1.29, 1.82) is 0 Å². The number of aryl methyl sites for hydroxylation is 1. The molecule has 0 amide bonds. The van der Waals surface area contributed by atoms with Gasteiger partial charge in [-0.15, -0.1) is 0 Å². The fraction of sp³-hybridized carbons (Fsp3) is 0.500. The van der Waals surface area contributed by atoms with Crippen molar-refractivity contribution in [3.63, 3.8) is 0 Å². The minimum absolute atomic E-state index is 0.169. The zero-order valence-corrected chi connectivity index (χ0v) is 9.57. The average molecular weight is 209 g/mol. The van der Waals surface area contributed by atoms with E-state index in [2.05, 4.69) is 4.90 Å². The molecule has 0 bridgehead atoms. The van der Waals surface area contributed by atoms with Gasteiger partial charge in [-0.2, -0.15) is 0 Å². The molecule has 0 aliphatic heterocycles. The zero-order chi connectivity index (χ0) is 11.4. The van der Waals surface area contributed by atoms with Crippen molar-refractivity contribution in [3.8, 4) is 5.75 Å². The highest BCUT2D eigenvalue weighted by atomic mass is 16.3. The first-order valence-corrected chi connectivity index (χ1v) is 5.13. The van der Waals surface area contributed by atoms with Crippen LogP contribution in [0.4, 0.5) is 0 Å². The minimum Gasteiger partial charge on any atom is -0.508 e. The maximum Gasteiger partial charge on any atom is 0.118 e. The first-order chi connectivity index (χ1) is 7.06. The second kappa shape index (κ2) is 5.14. The lowest BCUT2D eigenvalue weighted by atomic mass is 10.0. The number of nitrogens with zero attached hydrogens (tertiary/aromatic N) is 1. The zero-order valence-electron chi connectivity index (χ0n) is 9.57. The summed E-state index contributed by atoms with van der Waals surface area (Å²) < 4.78 is 0. The fourth-order valence-corrected chi connectivity index (χ4v) is 1.73. The molecule has 1 aromatic carbocycles. The quantitative estimate of drug-likeness (QED) is 0.793. The minimum atomic E-state index is 0.169.